The summed E-state index contributed by atoms with van der Waals surface area (Å²) in [5.41, 5.74) is 0. The predicted molar refractivity (Wildman–Crippen MR) is 79.5 cm³/mol. The number of fused-ring (bicyclic) bond motifs is 1. The molecule has 104 valence electrons. The zero-order valence-corrected chi connectivity index (χ0v) is 12.6. The van der Waals surface area contributed by atoms with E-state index in [2.05, 4.69) is 6.92 Å². The van der Waals surface area contributed by atoms with Crippen LogP contribution in [-0.2, 0) is 16.5 Å². The van der Waals surface area contributed by atoms with E-state index >= 15 is 0 Å². The number of rotatable bonds is 6. The van der Waals surface area contributed by atoms with Crippen LogP contribution in [0.4, 0.5) is 0 Å². The molecule has 3 nitrogen and oxygen atoms in total. The standard InChI is InChI=1S/C14H18O3S2/c1-2-3-4-5-6-14-13-9-12(19(15,16)17)8-7-11(13)10-18-14/h7-10H,2-6H2,1H3,(H,15,16,17). The summed E-state index contributed by atoms with van der Waals surface area (Å²) < 4.78 is 31.4. The molecule has 2 aromatic rings. The minimum atomic E-state index is -4.11. The van der Waals surface area contributed by atoms with Crippen LogP contribution in [0.3, 0.4) is 0 Å². The first-order valence-corrected chi connectivity index (χ1v) is 8.82. The van der Waals surface area contributed by atoms with E-state index in [0.717, 1.165) is 23.6 Å². The fraction of sp³-hybridized carbons (Fsp3) is 0.429. The molecule has 2 rings (SSSR count). The minimum Gasteiger partial charge on any atom is -0.282 e. The van der Waals surface area contributed by atoms with Crippen molar-refractivity contribution in [1.82, 2.24) is 0 Å². The van der Waals surface area contributed by atoms with Crippen LogP contribution < -0.4 is 0 Å². The minimum absolute atomic E-state index is 0.0202. The molecule has 0 aliphatic rings. The zero-order valence-electron chi connectivity index (χ0n) is 10.9. The number of benzene rings is 1. The third-order valence-corrected chi connectivity index (χ3v) is 5.14. The van der Waals surface area contributed by atoms with Gasteiger partial charge in [-0.25, -0.2) is 0 Å². The Morgan fingerprint density at radius 3 is 2.68 bits per heavy atom. The Labute approximate surface area is 118 Å². The Hall–Kier alpha value is -0.910. The van der Waals surface area contributed by atoms with Gasteiger partial charge in [0.1, 0.15) is 0 Å². The van der Waals surface area contributed by atoms with Gasteiger partial charge in [0.25, 0.3) is 10.1 Å². The SMILES string of the molecule is CCCCCCc1scc2ccc(S(=O)(=O)O)cc12. The van der Waals surface area contributed by atoms with Crippen LogP contribution in [0.15, 0.2) is 28.5 Å². The average Bonchev–Trinajstić information content (AvgIpc) is 2.76. The largest absolute Gasteiger partial charge is 0.294 e. The van der Waals surface area contributed by atoms with Crippen molar-refractivity contribution < 1.29 is 13.0 Å². The van der Waals surface area contributed by atoms with E-state index in [1.165, 1.54) is 30.2 Å². The van der Waals surface area contributed by atoms with Gasteiger partial charge in [-0.3, -0.25) is 4.55 Å². The van der Waals surface area contributed by atoms with Gasteiger partial charge in [0, 0.05) is 4.88 Å². The highest BCUT2D eigenvalue weighted by Gasteiger charge is 2.12. The maximum Gasteiger partial charge on any atom is 0.294 e. The van der Waals surface area contributed by atoms with Gasteiger partial charge in [-0.2, -0.15) is 8.42 Å². The molecule has 1 heterocycles. The first kappa shape index (κ1) is 14.5. The molecule has 0 radical (unpaired) electrons. The van der Waals surface area contributed by atoms with Crippen molar-refractivity contribution in [1.29, 1.82) is 0 Å². The molecule has 1 N–H and O–H groups in total. The molecule has 0 fully saturated rings. The number of unbranched alkanes of at least 4 members (excludes halogenated alkanes) is 3. The van der Waals surface area contributed by atoms with Crippen molar-refractivity contribution in [2.24, 2.45) is 0 Å². The van der Waals surface area contributed by atoms with Crippen molar-refractivity contribution in [3.05, 3.63) is 28.5 Å². The lowest BCUT2D eigenvalue weighted by molar-refractivity contribution is 0.483. The van der Waals surface area contributed by atoms with E-state index in [0.29, 0.717) is 0 Å². The van der Waals surface area contributed by atoms with E-state index in [4.69, 9.17) is 4.55 Å². The third kappa shape index (κ3) is 3.55. The Morgan fingerprint density at radius 2 is 2.00 bits per heavy atom. The average molecular weight is 298 g/mol. The second-order valence-corrected chi connectivity index (χ2v) is 7.08. The van der Waals surface area contributed by atoms with E-state index in [-0.39, 0.29) is 4.90 Å². The van der Waals surface area contributed by atoms with Crippen LogP contribution in [0.1, 0.15) is 37.5 Å². The summed E-state index contributed by atoms with van der Waals surface area (Å²) in [5, 5.41) is 4.04. The summed E-state index contributed by atoms with van der Waals surface area (Å²) in [6, 6.07) is 4.78. The smallest absolute Gasteiger partial charge is 0.282 e. The number of aryl methyl sites for hydroxylation is 1. The molecular formula is C14H18O3S2. The Balaban J connectivity index is 2.25. The molecule has 0 aliphatic carbocycles. The van der Waals surface area contributed by atoms with Gasteiger partial charge in [-0.1, -0.05) is 32.3 Å². The molecule has 0 spiro atoms. The van der Waals surface area contributed by atoms with Gasteiger partial charge in [0.2, 0.25) is 0 Å². The lowest BCUT2D eigenvalue weighted by Gasteiger charge is -2.01. The molecule has 19 heavy (non-hydrogen) atoms. The molecule has 1 aromatic carbocycles. The molecule has 0 atom stereocenters. The maximum atomic E-state index is 11.2. The zero-order chi connectivity index (χ0) is 13.9. The monoisotopic (exact) mass is 298 g/mol. The molecule has 0 bridgehead atoms. The lowest BCUT2D eigenvalue weighted by atomic mass is 10.1. The van der Waals surface area contributed by atoms with Gasteiger partial charge in [-0.15, -0.1) is 11.3 Å². The molecule has 0 amide bonds. The van der Waals surface area contributed by atoms with E-state index in [1.54, 1.807) is 23.5 Å². The summed E-state index contributed by atoms with van der Waals surface area (Å²) >= 11 is 1.66. The first-order chi connectivity index (χ1) is 9.02. The van der Waals surface area contributed by atoms with Crippen molar-refractivity contribution >= 4 is 32.2 Å². The fourth-order valence-corrected chi connectivity index (χ4v) is 3.69. The van der Waals surface area contributed by atoms with Gasteiger partial charge < -0.3 is 0 Å². The predicted octanol–water partition coefficient (Wildman–Crippen LogP) is 4.27. The first-order valence-electron chi connectivity index (χ1n) is 6.50. The van der Waals surface area contributed by atoms with Gasteiger partial charge in [0.15, 0.2) is 0 Å². The molecule has 0 saturated heterocycles. The van der Waals surface area contributed by atoms with Gasteiger partial charge in [-0.05, 0) is 41.1 Å². The van der Waals surface area contributed by atoms with Gasteiger partial charge >= 0.3 is 0 Å². The van der Waals surface area contributed by atoms with Crippen molar-refractivity contribution in [2.75, 3.05) is 0 Å². The van der Waals surface area contributed by atoms with Crippen LogP contribution >= 0.6 is 11.3 Å². The second-order valence-electron chi connectivity index (χ2n) is 4.69. The molecule has 0 unspecified atom stereocenters. The van der Waals surface area contributed by atoms with Crippen molar-refractivity contribution in [2.45, 2.75) is 43.9 Å². The summed E-state index contributed by atoms with van der Waals surface area (Å²) in [6.45, 7) is 2.18. The summed E-state index contributed by atoms with van der Waals surface area (Å²) in [7, 11) is -4.11. The highest BCUT2D eigenvalue weighted by molar-refractivity contribution is 7.85. The highest BCUT2D eigenvalue weighted by Crippen LogP contribution is 2.29. The third-order valence-electron chi connectivity index (χ3n) is 3.21. The maximum absolute atomic E-state index is 11.2. The quantitative estimate of drug-likeness (QED) is 0.640. The Kier molecular flexibility index (Phi) is 4.60. The van der Waals surface area contributed by atoms with Crippen LogP contribution in [0.25, 0.3) is 10.8 Å². The fourth-order valence-electron chi connectivity index (χ4n) is 2.14. The van der Waals surface area contributed by atoms with E-state index < -0.39 is 10.1 Å². The Bertz CT molecular complexity index is 656. The normalized spacial score (nSPS) is 12.1. The number of hydrogen-bond donors (Lipinski definition) is 1. The molecule has 0 saturated carbocycles. The van der Waals surface area contributed by atoms with Crippen LogP contribution in [0, 0.1) is 0 Å². The van der Waals surface area contributed by atoms with Crippen LogP contribution in [0.2, 0.25) is 0 Å². The molecular weight excluding hydrogens is 280 g/mol. The molecule has 5 heteroatoms. The van der Waals surface area contributed by atoms with E-state index in [1.807, 2.05) is 5.38 Å². The van der Waals surface area contributed by atoms with Crippen LogP contribution in [-0.4, -0.2) is 13.0 Å². The second kappa shape index (κ2) is 6.03. The molecule has 0 aliphatic heterocycles. The Morgan fingerprint density at radius 1 is 1.21 bits per heavy atom. The van der Waals surface area contributed by atoms with E-state index in [9.17, 15) is 8.42 Å². The molecule has 1 aromatic heterocycles. The van der Waals surface area contributed by atoms with Crippen LogP contribution in [0.5, 0.6) is 0 Å². The summed E-state index contributed by atoms with van der Waals surface area (Å²) in [4.78, 5) is 1.19. The lowest BCUT2D eigenvalue weighted by Crippen LogP contribution is -1.97. The number of thiophene rings is 1. The van der Waals surface area contributed by atoms with Crippen molar-refractivity contribution in [3.8, 4) is 0 Å². The number of hydrogen-bond acceptors (Lipinski definition) is 3. The topological polar surface area (TPSA) is 54.4 Å². The van der Waals surface area contributed by atoms with Gasteiger partial charge in [0.05, 0.1) is 4.90 Å². The highest BCUT2D eigenvalue weighted by atomic mass is 32.2. The summed E-state index contributed by atoms with van der Waals surface area (Å²) in [5.74, 6) is 0. The summed E-state index contributed by atoms with van der Waals surface area (Å²) in [6.07, 6.45) is 5.74. The van der Waals surface area contributed by atoms with Crippen molar-refractivity contribution in [3.63, 3.8) is 0 Å².